The number of rotatable bonds is 4. The third-order valence-corrected chi connectivity index (χ3v) is 3.68. The molecule has 0 aliphatic heterocycles. The maximum Gasteiger partial charge on any atom is 0.141 e. The van der Waals surface area contributed by atoms with Crippen molar-refractivity contribution in [1.82, 2.24) is 14.8 Å². The predicted octanol–water partition coefficient (Wildman–Crippen LogP) is 2.22. The van der Waals surface area contributed by atoms with E-state index in [1.54, 1.807) is 19.5 Å². The number of hydrogen-bond acceptors (Lipinski definition) is 4. The lowest BCUT2D eigenvalue weighted by atomic mass is 10.0. The number of fused-ring (bicyclic) bond motifs is 1. The van der Waals surface area contributed by atoms with Gasteiger partial charge < -0.3 is 10.5 Å². The molecule has 0 saturated carbocycles. The Labute approximate surface area is 123 Å². The quantitative estimate of drug-likeness (QED) is 0.797. The monoisotopic (exact) mass is 282 g/mol. The van der Waals surface area contributed by atoms with Gasteiger partial charge in [0.2, 0.25) is 0 Å². The van der Waals surface area contributed by atoms with Crippen molar-refractivity contribution in [2.75, 3.05) is 7.11 Å². The van der Waals surface area contributed by atoms with E-state index in [0.29, 0.717) is 12.2 Å². The lowest BCUT2D eigenvalue weighted by Crippen LogP contribution is -2.15. The summed E-state index contributed by atoms with van der Waals surface area (Å²) in [5.41, 5.74) is 9.41. The van der Waals surface area contributed by atoms with Gasteiger partial charge in [-0.1, -0.05) is 18.2 Å². The Morgan fingerprint density at radius 3 is 2.90 bits per heavy atom. The first-order valence-electron chi connectivity index (χ1n) is 6.85. The minimum atomic E-state index is -0.179. The number of aryl methyl sites for hydroxylation is 1. The van der Waals surface area contributed by atoms with Crippen LogP contribution in [0.3, 0.4) is 0 Å². The molecule has 0 bridgehead atoms. The smallest absolute Gasteiger partial charge is 0.141 e. The number of benzene rings is 1. The molecule has 0 amide bonds. The molecule has 0 spiro atoms. The number of ether oxygens (including phenoxy) is 1. The average Bonchev–Trinajstić information content (AvgIpc) is 2.84. The summed E-state index contributed by atoms with van der Waals surface area (Å²) in [6.45, 7) is 0. The van der Waals surface area contributed by atoms with Crippen molar-refractivity contribution in [3.05, 3.63) is 54.0 Å². The Morgan fingerprint density at radius 2 is 2.10 bits per heavy atom. The van der Waals surface area contributed by atoms with E-state index in [1.807, 2.05) is 29.9 Å². The molecule has 3 aromatic rings. The average molecular weight is 282 g/mol. The van der Waals surface area contributed by atoms with Crippen molar-refractivity contribution in [2.24, 2.45) is 12.8 Å². The Morgan fingerprint density at radius 1 is 1.29 bits per heavy atom. The molecule has 21 heavy (non-hydrogen) atoms. The van der Waals surface area contributed by atoms with E-state index in [2.05, 4.69) is 22.2 Å². The number of nitrogens with two attached hydrogens (primary N) is 1. The summed E-state index contributed by atoms with van der Waals surface area (Å²) in [7, 11) is 3.58. The molecule has 2 heterocycles. The molecule has 0 aliphatic rings. The normalized spacial score (nSPS) is 12.5. The summed E-state index contributed by atoms with van der Waals surface area (Å²) in [5.74, 6) is 0.713. The molecule has 5 nitrogen and oxygen atoms in total. The van der Waals surface area contributed by atoms with Gasteiger partial charge in [-0.2, -0.15) is 5.10 Å². The molecule has 1 atom stereocenters. The van der Waals surface area contributed by atoms with Crippen LogP contribution in [0.15, 0.2) is 42.7 Å². The van der Waals surface area contributed by atoms with Crippen molar-refractivity contribution in [3.8, 4) is 5.75 Å². The van der Waals surface area contributed by atoms with Crippen LogP contribution in [0.1, 0.15) is 17.3 Å². The van der Waals surface area contributed by atoms with E-state index < -0.39 is 0 Å². The molecule has 2 aromatic heterocycles. The zero-order valence-corrected chi connectivity index (χ0v) is 12.2. The topological polar surface area (TPSA) is 66.0 Å². The first-order valence-corrected chi connectivity index (χ1v) is 6.85. The lowest BCUT2D eigenvalue weighted by Gasteiger charge is -2.14. The van der Waals surface area contributed by atoms with Gasteiger partial charge in [-0.05, 0) is 12.1 Å². The molecule has 1 unspecified atom stereocenters. The molecule has 1 aromatic carbocycles. The number of hydrogen-bond donors (Lipinski definition) is 1. The van der Waals surface area contributed by atoms with Crippen LogP contribution in [0.5, 0.6) is 5.75 Å². The van der Waals surface area contributed by atoms with Crippen LogP contribution < -0.4 is 10.5 Å². The van der Waals surface area contributed by atoms with Gasteiger partial charge in [-0.15, -0.1) is 0 Å². The molecule has 0 fully saturated rings. The van der Waals surface area contributed by atoms with Crippen LogP contribution in [0.2, 0.25) is 0 Å². The summed E-state index contributed by atoms with van der Waals surface area (Å²) >= 11 is 0. The second-order valence-corrected chi connectivity index (χ2v) is 5.02. The molecular formula is C16H18N4O. The maximum atomic E-state index is 6.35. The Balaban J connectivity index is 1.95. The van der Waals surface area contributed by atoms with Crippen LogP contribution in [-0.4, -0.2) is 21.9 Å². The largest absolute Gasteiger partial charge is 0.495 e. The minimum Gasteiger partial charge on any atom is -0.495 e. The second-order valence-electron chi connectivity index (χ2n) is 5.02. The molecule has 0 radical (unpaired) electrons. The minimum absolute atomic E-state index is 0.179. The number of pyridine rings is 1. The van der Waals surface area contributed by atoms with Crippen LogP contribution in [0.4, 0.5) is 0 Å². The van der Waals surface area contributed by atoms with E-state index in [1.165, 1.54) is 0 Å². The maximum absolute atomic E-state index is 6.35. The second kappa shape index (κ2) is 5.54. The standard InChI is InChI=1S/C16H18N4O/c1-20-15-6-4-3-5-12(15)14(19-20)9-13(17)11-7-8-18-10-16(11)21-2/h3-8,10,13H,9,17H2,1-2H3. The molecular weight excluding hydrogens is 264 g/mol. The van der Waals surface area contributed by atoms with Gasteiger partial charge >= 0.3 is 0 Å². The van der Waals surface area contributed by atoms with Gasteiger partial charge in [-0.3, -0.25) is 9.67 Å². The summed E-state index contributed by atoms with van der Waals surface area (Å²) in [5, 5.41) is 5.73. The first kappa shape index (κ1) is 13.6. The van der Waals surface area contributed by atoms with Crippen LogP contribution in [0.25, 0.3) is 10.9 Å². The van der Waals surface area contributed by atoms with Gasteiger partial charge in [0.15, 0.2) is 0 Å². The number of aromatic nitrogens is 3. The molecule has 0 aliphatic carbocycles. The van der Waals surface area contributed by atoms with Crippen molar-refractivity contribution >= 4 is 10.9 Å². The Hall–Kier alpha value is -2.40. The van der Waals surface area contributed by atoms with Gasteiger partial charge in [0.25, 0.3) is 0 Å². The third kappa shape index (κ3) is 2.48. The summed E-state index contributed by atoms with van der Waals surface area (Å²) in [4.78, 5) is 4.06. The van der Waals surface area contributed by atoms with Crippen molar-refractivity contribution < 1.29 is 4.74 Å². The number of methoxy groups -OCH3 is 1. The van der Waals surface area contributed by atoms with Crippen LogP contribution >= 0.6 is 0 Å². The first-order chi connectivity index (χ1) is 10.2. The predicted molar refractivity (Wildman–Crippen MR) is 82.1 cm³/mol. The summed E-state index contributed by atoms with van der Waals surface area (Å²) < 4.78 is 7.22. The highest BCUT2D eigenvalue weighted by Crippen LogP contribution is 2.27. The number of nitrogens with zero attached hydrogens (tertiary/aromatic N) is 3. The SMILES string of the molecule is COc1cnccc1C(N)Cc1nn(C)c2ccccc12. The highest BCUT2D eigenvalue weighted by Gasteiger charge is 2.16. The van der Waals surface area contributed by atoms with E-state index in [9.17, 15) is 0 Å². The van der Waals surface area contributed by atoms with Crippen molar-refractivity contribution in [1.29, 1.82) is 0 Å². The lowest BCUT2D eigenvalue weighted by molar-refractivity contribution is 0.403. The van der Waals surface area contributed by atoms with Crippen LogP contribution in [-0.2, 0) is 13.5 Å². The number of para-hydroxylation sites is 1. The zero-order valence-electron chi connectivity index (χ0n) is 12.2. The third-order valence-electron chi connectivity index (χ3n) is 3.68. The fraction of sp³-hybridized carbons (Fsp3) is 0.250. The van der Waals surface area contributed by atoms with Gasteiger partial charge in [0, 0.05) is 36.7 Å². The zero-order chi connectivity index (χ0) is 14.8. The molecule has 3 rings (SSSR count). The highest BCUT2D eigenvalue weighted by molar-refractivity contribution is 5.81. The Bertz CT molecular complexity index is 766. The summed E-state index contributed by atoms with van der Waals surface area (Å²) in [6, 6.07) is 9.89. The molecule has 5 heteroatoms. The summed E-state index contributed by atoms with van der Waals surface area (Å²) in [6.07, 6.45) is 4.07. The fourth-order valence-corrected chi connectivity index (χ4v) is 2.63. The molecule has 0 saturated heterocycles. The molecule has 2 N–H and O–H groups in total. The van der Waals surface area contributed by atoms with Crippen molar-refractivity contribution in [2.45, 2.75) is 12.5 Å². The van der Waals surface area contributed by atoms with Gasteiger partial charge in [0.1, 0.15) is 5.75 Å². The van der Waals surface area contributed by atoms with Crippen molar-refractivity contribution in [3.63, 3.8) is 0 Å². The Kier molecular flexibility index (Phi) is 3.58. The van der Waals surface area contributed by atoms with Gasteiger partial charge in [0.05, 0.1) is 24.5 Å². The van der Waals surface area contributed by atoms with Gasteiger partial charge in [-0.25, -0.2) is 0 Å². The van der Waals surface area contributed by atoms with Crippen LogP contribution in [0, 0.1) is 0 Å². The van der Waals surface area contributed by atoms with E-state index in [-0.39, 0.29) is 6.04 Å². The highest BCUT2D eigenvalue weighted by atomic mass is 16.5. The fourth-order valence-electron chi connectivity index (χ4n) is 2.63. The van der Waals surface area contributed by atoms with E-state index in [0.717, 1.165) is 22.2 Å². The van der Waals surface area contributed by atoms with E-state index in [4.69, 9.17) is 10.5 Å². The van der Waals surface area contributed by atoms with E-state index >= 15 is 0 Å². The molecule has 108 valence electrons.